The number of pyridine rings is 1. The summed E-state index contributed by atoms with van der Waals surface area (Å²) in [5.41, 5.74) is 8.00. The van der Waals surface area contributed by atoms with Gasteiger partial charge in [-0.15, -0.1) is 0 Å². The molecule has 40 heavy (non-hydrogen) atoms. The number of aryl methyl sites for hydroxylation is 1. The molecule has 0 radical (unpaired) electrons. The summed E-state index contributed by atoms with van der Waals surface area (Å²) in [5.74, 6) is 0. The largest absolute Gasteiger partial charge is 0.416 e. The molecule has 0 spiro atoms. The van der Waals surface area contributed by atoms with Crippen molar-refractivity contribution in [3.63, 3.8) is 0 Å². The highest BCUT2D eigenvalue weighted by atomic mass is 19.4. The normalized spacial score (nSPS) is 13.8. The lowest BCUT2D eigenvalue weighted by Crippen LogP contribution is -2.18. The molecule has 0 aliphatic carbocycles. The lowest BCUT2D eigenvalue weighted by Gasteiger charge is -2.21. The minimum atomic E-state index is -4.36. The van der Waals surface area contributed by atoms with Crippen molar-refractivity contribution in [2.45, 2.75) is 45.2 Å². The smallest absolute Gasteiger partial charge is 0.381 e. The van der Waals surface area contributed by atoms with Crippen LogP contribution in [0.15, 0.2) is 72.8 Å². The molecule has 0 unspecified atom stereocenters. The number of fused-ring (bicyclic) bond motifs is 1. The number of nitrogens with zero attached hydrogens (tertiary/aromatic N) is 2. The molecule has 3 aromatic carbocycles. The Morgan fingerprint density at radius 1 is 0.800 bits per heavy atom. The van der Waals surface area contributed by atoms with Gasteiger partial charge < -0.3 is 16.0 Å². The number of nitrogens with two attached hydrogens (primary N) is 1. The third kappa shape index (κ3) is 7.04. The number of aromatic nitrogens is 1. The Balaban J connectivity index is 0.000000259. The first kappa shape index (κ1) is 29.2. The number of rotatable bonds is 5. The fraction of sp³-hybridized carbons (Fsp3) is 0.300. The molecule has 1 aliphatic heterocycles. The summed E-state index contributed by atoms with van der Waals surface area (Å²) >= 11 is 0. The third-order valence-corrected chi connectivity index (χ3v) is 6.71. The van der Waals surface area contributed by atoms with E-state index in [0.29, 0.717) is 0 Å². The molecule has 3 N–H and O–H groups in total. The molecule has 1 aliphatic rings. The Morgan fingerprint density at radius 2 is 1.38 bits per heavy atom. The van der Waals surface area contributed by atoms with E-state index in [1.807, 2.05) is 25.1 Å². The molecule has 10 heteroatoms. The van der Waals surface area contributed by atoms with Crippen molar-refractivity contribution in [1.82, 2.24) is 4.98 Å². The molecule has 0 saturated carbocycles. The first-order valence-electron chi connectivity index (χ1n) is 12.9. The highest BCUT2D eigenvalue weighted by molar-refractivity contribution is 5.94. The van der Waals surface area contributed by atoms with Crippen molar-refractivity contribution < 1.29 is 26.3 Å². The molecule has 1 aromatic heterocycles. The second-order valence-electron chi connectivity index (χ2n) is 9.58. The Kier molecular flexibility index (Phi) is 8.88. The van der Waals surface area contributed by atoms with Crippen molar-refractivity contribution >= 4 is 22.3 Å². The first-order chi connectivity index (χ1) is 19.0. The SMILES string of the molecule is Cc1cc(N2CCCC2)c2ccc(NCc3ccccc3C(F)(F)F)cc2n1.NCc1ccccc1C(F)(F)F. The van der Waals surface area contributed by atoms with Gasteiger partial charge in [-0.1, -0.05) is 36.4 Å². The van der Waals surface area contributed by atoms with E-state index in [-0.39, 0.29) is 24.2 Å². The highest BCUT2D eigenvalue weighted by Crippen LogP contribution is 2.34. The molecule has 1 saturated heterocycles. The van der Waals surface area contributed by atoms with Crippen LogP contribution >= 0.6 is 0 Å². The Hall–Kier alpha value is -3.79. The first-order valence-corrected chi connectivity index (χ1v) is 12.9. The molecule has 0 amide bonds. The van der Waals surface area contributed by atoms with Crippen LogP contribution in [0.2, 0.25) is 0 Å². The fourth-order valence-corrected chi connectivity index (χ4v) is 4.79. The van der Waals surface area contributed by atoms with Crippen LogP contribution < -0.4 is 16.0 Å². The summed E-state index contributed by atoms with van der Waals surface area (Å²) in [5, 5.41) is 4.20. The van der Waals surface area contributed by atoms with Crippen LogP contribution in [-0.2, 0) is 25.4 Å². The van der Waals surface area contributed by atoms with Gasteiger partial charge in [-0.25, -0.2) is 0 Å². The second kappa shape index (κ2) is 12.2. The topological polar surface area (TPSA) is 54.2 Å². The monoisotopic (exact) mass is 560 g/mol. The summed E-state index contributed by atoms with van der Waals surface area (Å²) in [6.07, 6.45) is -6.26. The van der Waals surface area contributed by atoms with Gasteiger partial charge in [0.2, 0.25) is 0 Å². The standard InChI is InChI=1S/C22H22F3N3.C8H8F3N/c1-15-12-21(28-10-4-5-11-28)18-9-8-17(13-20(18)27-15)26-14-16-6-2-3-7-19(16)22(23,24)25;9-8(10,11)7-4-2-1-3-6(7)5-12/h2-3,6-9,12-13,26H,4-5,10-11,14H2,1H3;1-4H,5,12H2. The van der Waals surface area contributed by atoms with E-state index in [0.717, 1.165) is 47.5 Å². The van der Waals surface area contributed by atoms with Gasteiger partial charge in [-0.3, -0.25) is 4.98 Å². The van der Waals surface area contributed by atoms with E-state index < -0.39 is 23.5 Å². The van der Waals surface area contributed by atoms with Crippen LogP contribution in [0.1, 0.15) is 40.8 Å². The number of alkyl halides is 6. The van der Waals surface area contributed by atoms with Gasteiger partial charge >= 0.3 is 12.4 Å². The zero-order valence-electron chi connectivity index (χ0n) is 21.9. The van der Waals surface area contributed by atoms with E-state index in [1.165, 1.54) is 48.9 Å². The third-order valence-electron chi connectivity index (χ3n) is 6.71. The zero-order valence-corrected chi connectivity index (χ0v) is 21.9. The molecule has 2 heterocycles. The molecular formula is C30H30F6N4. The molecule has 1 fully saturated rings. The van der Waals surface area contributed by atoms with Crippen molar-refractivity contribution in [3.05, 3.63) is 101 Å². The molecule has 212 valence electrons. The van der Waals surface area contributed by atoms with Gasteiger partial charge in [0.1, 0.15) is 0 Å². The minimum absolute atomic E-state index is 0.0876. The molecule has 4 nitrogen and oxygen atoms in total. The van der Waals surface area contributed by atoms with E-state index in [9.17, 15) is 26.3 Å². The molecular weight excluding hydrogens is 530 g/mol. The predicted molar refractivity (Wildman–Crippen MR) is 146 cm³/mol. The van der Waals surface area contributed by atoms with Gasteiger partial charge in [-0.2, -0.15) is 26.3 Å². The van der Waals surface area contributed by atoms with Gasteiger partial charge in [-0.05, 0) is 67.3 Å². The van der Waals surface area contributed by atoms with E-state index in [1.54, 1.807) is 6.07 Å². The van der Waals surface area contributed by atoms with E-state index in [4.69, 9.17) is 5.73 Å². The fourth-order valence-electron chi connectivity index (χ4n) is 4.79. The Labute approximate surface area is 228 Å². The molecule has 0 bridgehead atoms. The summed E-state index contributed by atoms with van der Waals surface area (Å²) in [4.78, 5) is 7.01. The number of anilines is 2. The number of hydrogen-bond acceptors (Lipinski definition) is 4. The van der Waals surface area contributed by atoms with Crippen LogP contribution in [0, 0.1) is 6.92 Å². The number of halogens is 6. The second-order valence-corrected chi connectivity index (χ2v) is 9.58. The number of benzene rings is 3. The van der Waals surface area contributed by atoms with Gasteiger partial charge in [0, 0.05) is 48.6 Å². The summed E-state index contributed by atoms with van der Waals surface area (Å²) < 4.78 is 76.1. The zero-order chi connectivity index (χ0) is 28.9. The average molecular weight is 561 g/mol. The lowest BCUT2D eigenvalue weighted by atomic mass is 10.1. The predicted octanol–water partition coefficient (Wildman–Crippen LogP) is 7.94. The van der Waals surface area contributed by atoms with Crippen LogP contribution in [0.3, 0.4) is 0 Å². The van der Waals surface area contributed by atoms with Crippen molar-refractivity contribution in [2.24, 2.45) is 5.73 Å². The van der Waals surface area contributed by atoms with Crippen molar-refractivity contribution in [3.8, 4) is 0 Å². The molecule has 5 rings (SSSR count). The molecule has 0 atom stereocenters. The average Bonchev–Trinajstić information content (AvgIpc) is 3.46. The van der Waals surface area contributed by atoms with Crippen molar-refractivity contribution in [2.75, 3.05) is 23.3 Å². The van der Waals surface area contributed by atoms with Gasteiger partial charge in [0.15, 0.2) is 0 Å². The lowest BCUT2D eigenvalue weighted by molar-refractivity contribution is -0.139. The Morgan fingerprint density at radius 3 is 1.95 bits per heavy atom. The van der Waals surface area contributed by atoms with Crippen LogP contribution in [0.25, 0.3) is 10.9 Å². The maximum absolute atomic E-state index is 13.2. The van der Waals surface area contributed by atoms with E-state index in [2.05, 4.69) is 21.3 Å². The van der Waals surface area contributed by atoms with E-state index >= 15 is 0 Å². The highest BCUT2D eigenvalue weighted by Gasteiger charge is 2.33. The Bertz CT molecular complexity index is 1440. The quantitative estimate of drug-likeness (QED) is 0.243. The summed E-state index contributed by atoms with van der Waals surface area (Å²) in [6, 6.07) is 18.9. The van der Waals surface area contributed by atoms with Crippen LogP contribution in [0.5, 0.6) is 0 Å². The maximum atomic E-state index is 13.2. The molecule has 4 aromatic rings. The maximum Gasteiger partial charge on any atom is 0.416 e. The van der Waals surface area contributed by atoms with Gasteiger partial charge in [0.05, 0.1) is 16.6 Å². The van der Waals surface area contributed by atoms with Crippen LogP contribution in [0.4, 0.5) is 37.7 Å². The summed E-state index contributed by atoms with van der Waals surface area (Å²) in [6.45, 7) is 4.08. The van der Waals surface area contributed by atoms with Crippen molar-refractivity contribution in [1.29, 1.82) is 0 Å². The van der Waals surface area contributed by atoms with Gasteiger partial charge in [0.25, 0.3) is 0 Å². The number of nitrogens with one attached hydrogen (secondary N) is 1. The van der Waals surface area contributed by atoms with Crippen LogP contribution in [-0.4, -0.2) is 18.1 Å². The minimum Gasteiger partial charge on any atom is -0.381 e. The number of hydrogen-bond donors (Lipinski definition) is 2. The summed E-state index contributed by atoms with van der Waals surface area (Å²) in [7, 11) is 0.